The van der Waals surface area contributed by atoms with Gasteiger partial charge in [-0.2, -0.15) is 0 Å². The van der Waals surface area contributed by atoms with Crippen LogP contribution in [0.1, 0.15) is 18.0 Å². The lowest BCUT2D eigenvalue weighted by Crippen LogP contribution is -2.20. The molecule has 0 amide bonds. The van der Waals surface area contributed by atoms with Gasteiger partial charge < -0.3 is 14.4 Å². The van der Waals surface area contributed by atoms with Crippen molar-refractivity contribution in [1.82, 2.24) is 9.55 Å². The van der Waals surface area contributed by atoms with Crippen LogP contribution < -0.4 is 4.74 Å². The van der Waals surface area contributed by atoms with E-state index in [1.807, 2.05) is 35.0 Å². The van der Waals surface area contributed by atoms with Crippen molar-refractivity contribution in [2.45, 2.75) is 17.6 Å². The molecule has 0 spiro atoms. The summed E-state index contributed by atoms with van der Waals surface area (Å²) in [5.41, 5.74) is 1.12. The van der Waals surface area contributed by atoms with Gasteiger partial charge in [-0.25, -0.2) is 4.98 Å². The van der Waals surface area contributed by atoms with E-state index in [2.05, 4.69) is 4.98 Å². The molecular formula is C14H14N2O3S. The van der Waals surface area contributed by atoms with Crippen molar-refractivity contribution in [1.29, 1.82) is 0 Å². The lowest BCUT2D eigenvalue weighted by molar-refractivity contribution is -0.133. The molecule has 1 aliphatic heterocycles. The van der Waals surface area contributed by atoms with Gasteiger partial charge in [0.15, 0.2) is 5.16 Å². The highest BCUT2D eigenvalue weighted by Crippen LogP contribution is 2.36. The summed E-state index contributed by atoms with van der Waals surface area (Å²) in [6.07, 6.45) is 4.47. The van der Waals surface area contributed by atoms with E-state index >= 15 is 0 Å². The molecule has 2 heterocycles. The minimum absolute atomic E-state index is 0.0158. The Morgan fingerprint density at radius 3 is 3.20 bits per heavy atom. The number of aromatic nitrogens is 2. The Labute approximate surface area is 120 Å². The molecule has 104 valence electrons. The molecule has 0 bridgehead atoms. The number of ether oxygens (including phenoxy) is 1. The third kappa shape index (κ3) is 2.51. The molecule has 6 heteroatoms. The van der Waals surface area contributed by atoms with Crippen molar-refractivity contribution in [2.24, 2.45) is 0 Å². The number of benzene rings is 1. The number of carboxylic acid groups (broad SMARTS) is 1. The molecule has 1 atom stereocenters. The fourth-order valence-electron chi connectivity index (χ4n) is 2.39. The van der Waals surface area contributed by atoms with E-state index in [1.165, 1.54) is 11.8 Å². The van der Waals surface area contributed by atoms with Crippen LogP contribution in [0.4, 0.5) is 0 Å². The minimum atomic E-state index is -0.836. The Balaban J connectivity index is 1.91. The molecule has 0 radical (unpaired) electrons. The van der Waals surface area contributed by atoms with Gasteiger partial charge in [-0.15, -0.1) is 0 Å². The number of aliphatic carboxylic acids is 1. The number of carboxylic acids is 1. The van der Waals surface area contributed by atoms with E-state index in [0.717, 1.165) is 22.9 Å². The van der Waals surface area contributed by atoms with Crippen LogP contribution in [0.15, 0.2) is 41.8 Å². The van der Waals surface area contributed by atoms with Gasteiger partial charge in [0, 0.05) is 24.4 Å². The van der Waals surface area contributed by atoms with Gasteiger partial charge in [-0.3, -0.25) is 4.79 Å². The van der Waals surface area contributed by atoms with E-state index in [0.29, 0.717) is 6.61 Å². The Kier molecular flexibility index (Phi) is 3.64. The van der Waals surface area contributed by atoms with Crippen LogP contribution >= 0.6 is 11.8 Å². The van der Waals surface area contributed by atoms with Crippen LogP contribution in [0, 0.1) is 0 Å². The second-order valence-electron chi connectivity index (χ2n) is 4.49. The summed E-state index contributed by atoms with van der Waals surface area (Å²) in [4.78, 5) is 15.0. The molecule has 1 N–H and O–H groups in total. The van der Waals surface area contributed by atoms with Gasteiger partial charge in [-0.1, -0.05) is 30.0 Å². The Morgan fingerprint density at radius 1 is 1.50 bits per heavy atom. The molecule has 1 aromatic heterocycles. The highest BCUT2D eigenvalue weighted by Gasteiger charge is 2.24. The molecular weight excluding hydrogens is 276 g/mol. The molecule has 0 fully saturated rings. The van der Waals surface area contributed by atoms with E-state index in [-0.39, 0.29) is 11.8 Å². The lowest BCUT2D eigenvalue weighted by Gasteiger charge is -2.27. The second-order valence-corrected chi connectivity index (χ2v) is 5.43. The van der Waals surface area contributed by atoms with E-state index < -0.39 is 5.97 Å². The molecule has 1 unspecified atom stereocenters. The first-order chi connectivity index (χ1) is 9.75. The number of rotatable bonds is 4. The Bertz CT molecular complexity index is 626. The summed E-state index contributed by atoms with van der Waals surface area (Å²) in [6.45, 7) is 0.656. The predicted octanol–water partition coefficient (Wildman–Crippen LogP) is 2.43. The molecule has 2 aromatic rings. The zero-order chi connectivity index (χ0) is 13.9. The maximum Gasteiger partial charge on any atom is 0.313 e. The fourth-order valence-corrected chi connectivity index (χ4v) is 3.11. The number of imidazole rings is 1. The number of hydrogen-bond acceptors (Lipinski definition) is 4. The zero-order valence-electron chi connectivity index (χ0n) is 10.7. The fraction of sp³-hybridized carbons (Fsp3) is 0.286. The first-order valence-corrected chi connectivity index (χ1v) is 7.33. The van der Waals surface area contributed by atoms with Crippen molar-refractivity contribution in [3.63, 3.8) is 0 Å². The van der Waals surface area contributed by atoms with Crippen LogP contribution in [-0.2, 0) is 4.79 Å². The standard InChI is InChI=1S/C14H14N2O3S/c17-13(18)9-20-14-15-6-7-16(14)11-5-8-19-12-4-2-1-3-10(11)12/h1-4,6-7,11H,5,8-9H2,(H,17,18). The van der Waals surface area contributed by atoms with Crippen molar-refractivity contribution in [2.75, 3.05) is 12.4 Å². The van der Waals surface area contributed by atoms with Crippen LogP contribution in [0.3, 0.4) is 0 Å². The average Bonchev–Trinajstić information content (AvgIpc) is 2.92. The van der Waals surface area contributed by atoms with Crippen LogP contribution in [0.5, 0.6) is 5.75 Å². The van der Waals surface area contributed by atoms with Crippen molar-refractivity contribution < 1.29 is 14.6 Å². The van der Waals surface area contributed by atoms with Gasteiger partial charge in [0.25, 0.3) is 0 Å². The van der Waals surface area contributed by atoms with Crippen LogP contribution in [-0.4, -0.2) is 33.0 Å². The molecule has 5 nitrogen and oxygen atoms in total. The van der Waals surface area contributed by atoms with Crippen LogP contribution in [0.25, 0.3) is 0 Å². The van der Waals surface area contributed by atoms with Gasteiger partial charge >= 0.3 is 5.97 Å². The summed E-state index contributed by atoms with van der Waals surface area (Å²) in [5.74, 6) is 0.0746. The molecule has 0 saturated carbocycles. The highest BCUT2D eigenvalue weighted by atomic mass is 32.2. The topological polar surface area (TPSA) is 64.3 Å². The van der Waals surface area contributed by atoms with Gasteiger partial charge in [-0.05, 0) is 6.07 Å². The number of carbonyl (C=O) groups is 1. The van der Waals surface area contributed by atoms with Crippen molar-refractivity contribution in [3.05, 3.63) is 42.2 Å². The van der Waals surface area contributed by atoms with Crippen molar-refractivity contribution in [3.8, 4) is 5.75 Å². The summed E-state index contributed by atoms with van der Waals surface area (Å²) < 4.78 is 7.69. The largest absolute Gasteiger partial charge is 0.493 e. The minimum Gasteiger partial charge on any atom is -0.493 e. The predicted molar refractivity (Wildman–Crippen MR) is 75.3 cm³/mol. The van der Waals surface area contributed by atoms with Gasteiger partial charge in [0.05, 0.1) is 18.4 Å². The lowest BCUT2D eigenvalue weighted by atomic mass is 10.0. The normalized spacial score (nSPS) is 17.3. The van der Waals surface area contributed by atoms with Crippen LogP contribution in [0.2, 0.25) is 0 Å². The third-order valence-corrected chi connectivity index (χ3v) is 4.19. The molecule has 3 rings (SSSR count). The van der Waals surface area contributed by atoms with E-state index in [9.17, 15) is 4.79 Å². The molecule has 1 aliphatic rings. The number of nitrogens with zero attached hydrogens (tertiary/aromatic N) is 2. The first kappa shape index (κ1) is 13.1. The van der Waals surface area contributed by atoms with E-state index in [1.54, 1.807) is 6.20 Å². The van der Waals surface area contributed by atoms with Gasteiger partial charge in [0.2, 0.25) is 0 Å². The summed E-state index contributed by atoms with van der Waals surface area (Å²) in [7, 11) is 0. The summed E-state index contributed by atoms with van der Waals surface area (Å²) in [5, 5.41) is 9.52. The summed E-state index contributed by atoms with van der Waals surface area (Å²) in [6, 6.07) is 8.10. The highest BCUT2D eigenvalue weighted by molar-refractivity contribution is 7.99. The Hall–Kier alpha value is -1.95. The number of fused-ring (bicyclic) bond motifs is 1. The molecule has 0 aliphatic carbocycles. The zero-order valence-corrected chi connectivity index (χ0v) is 11.5. The molecule has 20 heavy (non-hydrogen) atoms. The first-order valence-electron chi connectivity index (χ1n) is 6.35. The molecule has 0 saturated heterocycles. The monoisotopic (exact) mass is 290 g/mol. The number of hydrogen-bond donors (Lipinski definition) is 1. The quantitative estimate of drug-likeness (QED) is 0.876. The SMILES string of the molecule is O=C(O)CSc1nccn1C1CCOc2ccccc21. The van der Waals surface area contributed by atoms with Crippen molar-refractivity contribution >= 4 is 17.7 Å². The van der Waals surface area contributed by atoms with E-state index in [4.69, 9.17) is 9.84 Å². The average molecular weight is 290 g/mol. The number of thioether (sulfide) groups is 1. The number of para-hydroxylation sites is 1. The maximum absolute atomic E-state index is 10.7. The maximum atomic E-state index is 10.7. The second kappa shape index (κ2) is 5.58. The third-order valence-electron chi connectivity index (χ3n) is 3.22. The summed E-state index contributed by atoms with van der Waals surface area (Å²) >= 11 is 1.24. The Morgan fingerprint density at radius 2 is 2.35 bits per heavy atom. The van der Waals surface area contributed by atoms with Gasteiger partial charge in [0.1, 0.15) is 5.75 Å². The molecule has 1 aromatic carbocycles. The smallest absolute Gasteiger partial charge is 0.313 e.